The minimum absolute atomic E-state index is 0.00252. The molecule has 0 aliphatic carbocycles. The Morgan fingerprint density at radius 2 is 1.92 bits per heavy atom. The number of hydrogen-bond donors (Lipinski definition) is 2. The lowest BCUT2D eigenvalue weighted by Gasteiger charge is -2.31. The molecule has 9 heteroatoms. The largest absolute Gasteiger partial charge is 0.355 e. The summed E-state index contributed by atoms with van der Waals surface area (Å²) < 4.78 is 39.5. The van der Waals surface area contributed by atoms with Crippen molar-refractivity contribution in [3.05, 3.63) is 30.1 Å². The first-order valence-electron chi connectivity index (χ1n) is 8.14. The van der Waals surface area contributed by atoms with Crippen molar-refractivity contribution >= 4 is 21.8 Å². The van der Waals surface area contributed by atoms with Crippen LogP contribution in [0.2, 0.25) is 0 Å². The summed E-state index contributed by atoms with van der Waals surface area (Å²) in [6.45, 7) is 2.47. The zero-order chi connectivity index (χ0) is 18.4. The smallest absolute Gasteiger partial charge is 0.243 e. The number of amides is 2. The molecule has 1 fully saturated rings. The molecule has 0 bridgehead atoms. The zero-order valence-electron chi connectivity index (χ0n) is 14.0. The molecule has 1 aromatic carbocycles. The van der Waals surface area contributed by atoms with E-state index in [1.54, 1.807) is 6.92 Å². The van der Waals surface area contributed by atoms with E-state index < -0.39 is 21.8 Å². The molecule has 7 nitrogen and oxygen atoms in total. The molecule has 2 rings (SSSR count). The van der Waals surface area contributed by atoms with E-state index in [9.17, 15) is 22.4 Å². The predicted octanol–water partition coefficient (Wildman–Crippen LogP) is 0.479. The molecule has 0 aromatic heterocycles. The van der Waals surface area contributed by atoms with E-state index in [2.05, 4.69) is 10.6 Å². The van der Waals surface area contributed by atoms with E-state index in [1.807, 2.05) is 0 Å². The summed E-state index contributed by atoms with van der Waals surface area (Å²) in [5.41, 5.74) is 0. The van der Waals surface area contributed by atoms with Crippen molar-refractivity contribution < 1.29 is 22.4 Å². The fourth-order valence-electron chi connectivity index (χ4n) is 2.70. The van der Waals surface area contributed by atoms with E-state index >= 15 is 0 Å². The Labute approximate surface area is 146 Å². The Bertz CT molecular complexity index is 721. The van der Waals surface area contributed by atoms with Crippen molar-refractivity contribution in [1.82, 2.24) is 14.9 Å². The van der Waals surface area contributed by atoms with Crippen LogP contribution in [0, 0.1) is 11.7 Å². The van der Waals surface area contributed by atoms with Crippen LogP contribution < -0.4 is 10.6 Å². The lowest BCUT2D eigenvalue weighted by atomic mass is 9.99. The molecule has 2 N–H and O–H groups in total. The van der Waals surface area contributed by atoms with Crippen molar-refractivity contribution in [2.75, 3.05) is 26.2 Å². The number of piperidine rings is 1. The summed E-state index contributed by atoms with van der Waals surface area (Å²) in [6.07, 6.45) is 1.09. The van der Waals surface area contributed by atoms with Gasteiger partial charge < -0.3 is 10.6 Å². The molecule has 1 heterocycles. The Morgan fingerprint density at radius 1 is 1.24 bits per heavy atom. The number of hydrogen-bond acceptors (Lipinski definition) is 4. The van der Waals surface area contributed by atoms with E-state index in [-0.39, 0.29) is 29.8 Å². The monoisotopic (exact) mass is 371 g/mol. The number of rotatable bonds is 6. The molecule has 25 heavy (non-hydrogen) atoms. The van der Waals surface area contributed by atoms with Crippen LogP contribution in [0.3, 0.4) is 0 Å². The highest BCUT2D eigenvalue weighted by atomic mass is 32.2. The van der Waals surface area contributed by atoms with E-state index in [0.717, 1.165) is 12.1 Å². The first-order valence-corrected chi connectivity index (χ1v) is 9.58. The summed E-state index contributed by atoms with van der Waals surface area (Å²) in [7, 11) is -3.78. The Morgan fingerprint density at radius 3 is 2.56 bits per heavy atom. The summed E-state index contributed by atoms with van der Waals surface area (Å²) in [4.78, 5) is 23.6. The van der Waals surface area contributed by atoms with Gasteiger partial charge in [0.2, 0.25) is 21.8 Å². The van der Waals surface area contributed by atoms with Gasteiger partial charge in [-0.15, -0.1) is 0 Å². The number of carbonyl (C=O) groups is 2. The van der Waals surface area contributed by atoms with Crippen molar-refractivity contribution in [2.45, 2.75) is 24.7 Å². The average molecular weight is 371 g/mol. The van der Waals surface area contributed by atoms with Crippen LogP contribution in [-0.2, 0) is 19.6 Å². The van der Waals surface area contributed by atoms with Gasteiger partial charge in [0.05, 0.1) is 17.4 Å². The first kappa shape index (κ1) is 19.3. The van der Waals surface area contributed by atoms with Crippen LogP contribution in [0.15, 0.2) is 29.2 Å². The highest BCUT2D eigenvalue weighted by molar-refractivity contribution is 7.89. The molecule has 1 aromatic rings. The van der Waals surface area contributed by atoms with Crippen molar-refractivity contribution in [3.63, 3.8) is 0 Å². The van der Waals surface area contributed by atoms with Gasteiger partial charge in [0.25, 0.3) is 0 Å². The summed E-state index contributed by atoms with van der Waals surface area (Å²) in [5, 5.41) is 5.11. The minimum Gasteiger partial charge on any atom is -0.355 e. The quantitative estimate of drug-likeness (QED) is 0.760. The molecular weight excluding hydrogens is 349 g/mol. The molecule has 1 saturated heterocycles. The SMILES string of the molecule is CCNC(=O)CNC(=O)[C@H]1CCCN(S(=O)(=O)c2ccc(F)cc2)C1. The van der Waals surface area contributed by atoms with Gasteiger partial charge in [-0.25, -0.2) is 12.8 Å². The van der Waals surface area contributed by atoms with Gasteiger partial charge in [-0.3, -0.25) is 9.59 Å². The molecule has 0 spiro atoms. The van der Waals surface area contributed by atoms with Crippen LogP contribution in [0.1, 0.15) is 19.8 Å². The molecular formula is C16H22FN3O4S. The topological polar surface area (TPSA) is 95.6 Å². The number of halogens is 1. The summed E-state index contributed by atoms with van der Waals surface area (Å²) in [5.74, 6) is -1.66. The lowest BCUT2D eigenvalue weighted by Crippen LogP contribution is -2.47. The van der Waals surface area contributed by atoms with Gasteiger partial charge in [0, 0.05) is 19.6 Å². The standard InChI is InChI=1S/C16H22FN3O4S/c1-2-18-15(21)10-19-16(22)12-4-3-9-20(11-12)25(23,24)14-7-5-13(17)6-8-14/h5-8,12H,2-4,9-11H2,1H3,(H,18,21)(H,19,22)/t12-/m0/s1. The second kappa shape index (κ2) is 8.39. The van der Waals surface area contributed by atoms with Crippen molar-refractivity contribution in [3.8, 4) is 0 Å². The van der Waals surface area contributed by atoms with Gasteiger partial charge in [-0.2, -0.15) is 4.31 Å². The molecule has 0 unspecified atom stereocenters. The molecule has 2 amide bonds. The molecule has 1 atom stereocenters. The third kappa shape index (κ3) is 4.99. The van der Waals surface area contributed by atoms with Crippen molar-refractivity contribution in [1.29, 1.82) is 0 Å². The third-order valence-electron chi connectivity index (χ3n) is 4.00. The zero-order valence-corrected chi connectivity index (χ0v) is 14.8. The molecule has 138 valence electrons. The number of likely N-dealkylation sites (N-methyl/N-ethyl adjacent to an activating group) is 1. The van der Waals surface area contributed by atoms with Gasteiger partial charge in [0.15, 0.2) is 0 Å². The van der Waals surface area contributed by atoms with Crippen molar-refractivity contribution in [2.24, 2.45) is 5.92 Å². The number of nitrogens with zero attached hydrogens (tertiary/aromatic N) is 1. The van der Waals surface area contributed by atoms with Crippen LogP contribution in [0.4, 0.5) is 4.39 Å². The predicted molar refractivity (Wildman–Crippen MR) is 89.6 cm³/mol. The van der Waals surface area contributed by atoms with E-state index in [1.165, 1.54) is 16.4 Å². The fraction of sp³-hybridized carbons (Fsp3) is 0.500. The van der Waals surface area contributed by atoms with Gasteiger partial charge in [-0.05, 0) is 44.0 Å². The second-order valence-electron chi connectivity index (χ2n) is 5.83. The van der Waals surface area contributed by atoms with Crippen LogP contribution in [0.25, 0.3) is 0 Å². The van der Waals surface area contributed by atoms with E-state index in [0.29, 0.717) is 25.9 Å². The minimum atomic E-state index is -3.78. The highest BCUT2D eigenvalue weighted by Crippen LogP contribution is 2.24. The number of sulfonamides is 1. The fourth-order valence-corrected chi connectivity index (χ4v) is 4.23. The Balaban J connectivity index is 2.01. The number of nitrogens with one attached hydrogen (secondary N) is 2. The molecule has 1 aliphatic heterocycles. The maximum Gasteiger partial charge on any atom is 0.243 e. The average Bonchev–Trinajstić information content (AvgIpc) is 2.60. The normalized spacial score (nSPS) is 18.6. The highest BCUT2D eigenvalue weighted by Gasteiger charge is 2.33. The van der Waals surface area contributed by atoms with Crippen LogP contribution in [0.5, 0.6) is 0 Å². The summed E-state index contributed by atoms with van der Waals surface area (Å²) in [6, 6.07) is 4.60. The van der Waals surface area contributed by atoms with Crippen LogP contribution >= 0.6 is 0 Å². The Hall–Kier alpha value is -2.00. The summed E-state index contributed by atoms with van der Waals surface area (Å²) >= 11 is 0. The number of carbonyl (C=O) groups excluding carboxylic acids is 2. The number of benzene rings is 1. The van der Waals surface area contributed by atoms with Gasteiger partial charge in [-0.1, -0.05) is 0 Å². The van der Waals surface area contributed by atoms with Crippen LogP contribution in [-0.4, -0.2) is 50.7 Å². The Kier molecular flexibility index (Phi) is 6.49. The lowest BCUT2D eigenvalue weighted by molar-refractivity contribution is -0.129. The third-order valence-corrected chi connectivity index (χ3v) is 5.88. The van der Waals surface area contributed by atoms with E-state index in [4.69, 9.17) is 0 Å². The maximum atomic E-state index is 13.0. The molecule has 0 radical (unpaired) electrons. The van der Waals surface area contributed by atoms with Gasteiger partial charge in [0.1, 0.15) is 5.82 Å². The molecule has 1 aliphatic rings. The second-order valence-corrected chi connectivity index (χ2v) is 7.77. The van der Waals surface area contributed by atoms with Gasteiger partial charge >= 0.3 is 0 Å². The first-order chi connectivity index (χ1) is 11.8. The maximum absolute atomic E-state index is 13.0. The molecule has 0 saturated carbocycles.